The van der Waals surface area contributed by atoms with Crippen LogP contribution in [0.5, 0.6) is 5.88 Å². The lowest BCUT2D eigenvalue weighted by Crippen LogP contribution is -2.48. The van der Waals surface area contributed by atoms with Gasteiger partial charge < -0.3 is 15.8 Å². The Bertz CT molecular complexity index is 396. The number of hydrogen-bond acceptors (Lipinski definition) is 4. The first kappa shape index (κ1) is 14.4. The van der Waals surface area contributed by atoms with Crippen molar-refractivity contribution in [2.45, 2.75) is 33.4 Å². The second kappa shape index (κ2) is 5.82. The van der Waals surface area contributed by atoms with Crippen LogP contribution in [0.25, 0.3) is 0 Å². The molecule has 1 aromatic heterocycles. The summed E-state index contributed by atoms with van der Waals surface area (Å²) in [6.45, 7) is 6.23. The van der Waals surface area contributed by atoms with Gasteiger partial charge in [0.05, 0.1) is 13.2 Å². The number of amides is 1. The predicted molar refractivity (Wildman–Crippen MR) is 70.1 cm³/mol. The molecule has 0 aromatic carbocycles. The Labute approximate surface area is 108 Å². The van der Waals surface area contributed by atoms with Gasteiger partial charge in [0.15, 0.2) is 0 Å². The highest BCUT2D eigenvalue weighted by Crippen LogP contribution is 2.17. The lowest BCUT2D eigenvalue weighted by molar-refractivity contribution is -0.124. The van der Waals surface area contributed by atoms with Crippen molar-refractivity contribution in [3.05, 3.63) is 23.9 Å². The summed E-state index contributed by atoms with van der Waals surface area (Å²) in [7, 11) is 1.56. The van der Waals surface area contributed by atoms with E-state index >= 15 is 0 Å². The van der Waals surface area contributed by atoms with E-state index in [1.54, 1.807) is 19.4 Å². The van der Waals surface area contributed by atoms with Crippen molar-refractivity contribution in [3.8, 4) is 5.88 Å². The number of rotatable bonds is 4. The fourth-order valence-electron chi connectivity index (χ4n) is 1.33. The topological polar surface area (TPSA) is 77.2 Å². The van der Waals surface area contributed by atoms with Crippen LogP contribution < -0.4 is 15.8 Å². The number of aromatic nitrogens is 1. The molecule has 3 N–H and O–H groups in total. The van der Waals surface area contributed by atoms with E-state index in [9.17, 15) is 4.79 Å². The minimum absolute atomic E-state index is 0.154. The molecule has 1 atom stereocenters. The first-order chi connectivity index (χ1) is 8.34. The van der Waals surface area contributed by atoms with Crippen LogP contribution in [0.15, 0.2) is 18.3 Å². The van der Waals surface area contributed by atoms with Gasteiger partial charge in [0, 0.05) is 18.8 Å². The maximum atomic E-state index is 11.8. The number of methoxy groups -OCH3 is 1. The van der Waals surface area contributed by atoms with Crippen molar-refractivity contribution < 1.29 is 9.53 Å². The van der Waals surface area contributed by atoms with E-state index < -0.39 is 6.04 Å². The van der Waals surface area contributed by atoms with Crippen molar-refractivity contribution in [3.63, 3.8) is 0 Å². The highest BCUT2D eigenvalue weighted by Gasteiger charge is 2.26. The quantitative estimate of drug-likeness (QED) is 0.839. The minimum atomic E-state index is -0.524. The van der Waals surface area contributed by atoms with Gasteiger partial charge >= 0.3 is 0 Å². The Morgan fingerprint density at radius 3 is 2.61 bits per heavy atom. The molecule has 0 unspecified atom stereocenters. The van der Waals surface area contributed by atoms with E-state index in [1.807, 2.05) is 26.8 Å². The number of nitrogens with one attached hydrogen (secondary N) is 1. The van der Waals surface area contributed by atoms with E-state index in [0.29, 0.717) is 12.4 Å². The summed E-state index contributed by atoms with van der Waals surface area (Å²) < 4.78 is 4.96. The molecule has 100 valence electrons. The van der Waals surface area contributed by atoms with Gasteiger partial charge in [0.25, 0.3) is 0 Å². The first-order valence-corrected chi connectivity index (χ1v) is 5.87. The smallest absolute Gasteiger partial charge is 0.237 e. The number of pyridine rings is 1. The molecular formula is C13H21N3O2. The molecule has 0 saturated heterocycles. The third-order valence-electron chi connectivity index (χ3n) is 2.69. The third-order valence-corrected chi connectivity index (χ3v) is 2.69. The van der Waals surface area contributed by atoms with E-state index in [1.165, 1.54) is 0 Å². The average Bonchev–Trinajstić information content (AvgIpc) is 2.34. The number of nitrogens with two attached hydrogens (primary N) is 1. The lowest BCUT2D eigenvalue weighted by atomic mass is 9.87. The minimum Gasteiger partial charge on any atom is -0.481 e. The Balaban J connectivity index is 2.52. The van der Waals surface area contributed by atoms with Crippen LogP contribution in [0.3, 0.4) is 0 Å². The summed E-state index contributed by atoms with van der Waals surface area (Å²) in [6, 6.07) is 3.09. The number of carbonyl (C=O) groups is 1. The Morgan fingerprint density at radius 1 is 1.50 bits per heavy atom. The van der Waals surface area contributed by atoms with Gasteiger partial charge in [-0.2, -0.15) is 0 Å². The molecule has 1 aromatic rings. The molecular weight excluding hydrogens is 230 g/mol. The van der Waals surface area contributed by atoms with Gasteiger partial charge in [-0.25, -0.2) is 4.98 Å². The van der Waals surface area contributed by atoms with Crippen LogP contribution in [0, 0.1) is 5.41 Å². The van der Waals surface area contributed by atoms with Crippen molar-refractivity contribution >= 4 is 5.91 Å². The average molecular weight is 251 g/mol. The molecule has 18 heavy (non-hydrogen) atoms. The summed E-state index contributed by atoms with van der Waals surface area (Å²) >= 11 is 0. The van der Waals surface area contributed by atoms with Gasteiger partial charge in [-0.15, -0.1) is 0 Å². The largest absolute Gasteiger partial charge is 0.481 e. The summed E-state index contributed by atoms with van der Waals surface area (Å²) in [5.74, 6) is 0.398. The molecule has 1 heterocycles. The molecule has 0 spiro atoms. The molecule has 0 aliphatic carbocycles. The maximum Gasteiger partial charge on any atom is 0.237 e. The second-order valence-corrected chi connectivity index (χ2v) is 5.27. The molecule has 0 radical (unpaired) electrons. The Kier molecular flexibility index (Phi) is 4.67. The van der Waals surface area contributed by atoms with Crippen LogP contribution in [0.4, 0.5) is 0 Å². The normalized spacial score (nSPS) is 12.9. The van der Waals surface area contributed by atoms with Crippen LogP contribution in [-0.2, 0) is 11.3 Å². The van der Waals surface area contributed by atoms with Gasteiger partial charge in [-0.1, -0.05) is 26.8 Å². The Hall–Kier alpha value is -1.62. The molecule has 1 rings (SSSR count). The molecule has 0 saturated carbocycles. The third kappa shape index (κ3) is 4.00. The number of carbonyl (C=O) groups excluding carboxylic acids is 1. The van der Waals surface area contributed by atoms with Crippen molar-refractivity contribution in [2.24, 2.45) is 11.1 Å². The van der Waals surface area contributed by atoms with Gasteiger partial charge in [-0.05, 0) is 11.0 Å². The zero-order chi connectivity index (χ0) is 13.8. The SMILES string of the molecule is COc1ccc(CNC(=O)[C@H](N)C(C)(C)C)cn1. The first-order valence-electron chi connectivity index (χ1n) is 5.87. The van der Waals surface area contributed by atoms with Gasteiger partial charge in [-0.3, -0.25) is 4.79 Å². The predicted octanol–water partition coefficient (Wildman–Crippen LogP) is 1.08. The standard InChI is InChI=1S/C13H21N3O2/c1-13(2,3)11(14)12(17)16-8-9-5-6-10(18-4)15-7-9/h5-7,11H,8,14H2,1-4H3,(H,16,17)/t11-/m0/s1. The van der Waals surface area contributed by atoms with E-state index in [0.717, 1.165) is 5.56 Å². The van der Waals surface area contributed by atoms with E-state index in [2.05, 4.69) is 10.3 Å². The zero-order valence-electron chi connectivity index (χ0n) is 11.4. The molecule has 5 heteroatoms. The van der Waals surface area contributed by atoms with E-state index in [4.69, 9.17) is 10.5 Å². The molecule has 0 fully saturated rings. The van der Waals surface area contributed by atoms with Crippen molar-refractivity contribution in [2.75, 3.05) is 7.11 Å². The molecule has 1 amide bonds. The summed E-state index contributed by atoms with van der Waals surface area (Å²) in [5, 5.41) is 2.80. The van der Waals surface area contributed by atoms with Crippen LogP contribution in [0.1, 0.15) is 26.3 Å². The Morgan fingerprint density at radius 2 is 2.17 bits per heavy atom. The molecule has 0 aliphatic heterocycles. The van der Waals surface area contributed by atoms with Crippen LogP contribution in [0.2, 0.25) is 0 Å². The maximum absolute atomic E-state index is 11.8. The van der Waals surface area contributed by atoms with Crippen LogP contribution >= 0.6 is 0 Å². The highest BCUT2D eigenvalue weighted by molar-refractivity contribution is 5.82. The fraction of sp³-hybridized carbons (Fsp3) is 0.538. The zero-order valence-corrected chi connectivity index (χ0v) is 11.4. The summed E-state index contributed by atoms with van der Waals surface area (Å²) in [5.41, 5.74) is 6.52. The summed E-state index contributed by atoms with van der Waals surface area (Å²) in [4.78, 5) is 15.9. The molecule has 5 nitrogen and oxygen atoms in total. The number of nitrogens with zero attached hydrogens (tertiary/aromatic N) is 1. The van der Waals surface area contributed by atoms with Crippen molar-refractivity contribution in [1.82, 2.24) is 10.3 Å². The van der Waals surface area contributed by atoms with Gasteiger partial charge in [0.2, 0.25) is 11.8 Å². The lowest BCUT2D eigenvalue weighted by Gasteiger charge is -2.25. The fourth-order valence-corrected chi connectivity index (χ4v) is 1.33. The molecule has 0 aliphatic rings. The van der Waals surface area contributed by atoms with Crippen LogP contribution in [-0.4, -0.2) is 24.0 Å². The highest BCUT2D eigenvalue weighted by atomic mass is 16.5. The monoisotopic (exact) mass is 251 g/mol. The number of hydrogen-bond donors (Lipinski definition) is 2. The summed E-state index contributed by atoms with van der Waals surface area (Å²) in [6.07, 6.45) is 1.67. The molecule has 0 bridgehead atoms. The van der Waals surface area contributed by atoms with E-state index in [-0.39, 0.29) is 11.3 Å². The van der Waals surface area contributed by atoms with Crippen molar-refractivity contribution in [1.29, 1.82) is 0 Å². The number of ether oxygens (including phenoxy) is 1. The second-order valence-electron chi connectivity index (χ2n) is 5.27. The van der Waals surface area contributed by atoms with Gasteiger partial charge in [0.1, 0.15) is 0 Å².